The highest BCUT2D eigenvalue weighted by atomic mass is 16.3. The number of hydrogen-bond donors (Lipinski definition) is 1. The summed E-state index contributed by atoms with van der Waals surface area (Å²) in [5.41, 5.74) is 6.95. The Morgan fingerprint density at radius 1 is 1.44 bits per heavy atom. The Balaban J connectivity index is 3.17. The first-order chi connectivity index (χ1) is 4.20. The molecule has 1 aromatic carbocycles. The van der Waals surface area contributed by atoms with Crippen LogP contribution in [0.4, 0.5) is 5.69 Å². The van der Waals surface area contributed by atoms with Crippen molar-refractivity contribution in [3.05, 3.63) is 23.8 Å². The Hall–Kier alpha value is -1.18. The second-order valence-electron chi connectivity index (χ2n) is 2.02. The zero-order chi connectivity index (χ0) is 6.85. The van der Waals surface area contributed by atoms with Crippen LogP contribution < -0.4 is 5.73 Å². The van der Waals surface area contributed by atoms with Crippen LogP contribution in [0.2, 0.25) is 0 Å². The number of benzene rings is 1. The van der Waals surface area contributed by atoms with E-state index in [1.165, 1.54) is 12.1 Å². The summed E-state index contributed by atoms with van der Waals surface area (Å²) in [6.07, 6.45) is 0. The molecule has 0 amide bonds. The fourth-order valence-corrected chi connectivity index (χ4v) is 0.619. The van der Waals surface area contributed by atoms with E-state index < -0.39 is 0 Å². The van der Waals surface area contributed by atoms with Crippen molar-refractivity contribution in [2.45, 2.75) is 6.92 Å². The lowest BCUT2D eigenvalue weighted by Crippen LogP contribution is -1.86. The predicted octanol–water partition coefficient (Wildman–Crippen LogP) is 1.72. The Labute approximate surface area is 53.9 Å². The maximum absolute atomic E-state index is 10.6. The van der Waals surface area contributed by atoms with E-state index in [0.717, 1.165) is 5.56 Å². The number of anilines is 1. The average Bonchev–Trinajstić information content (AvgIpc) is 1.80. The molecule has 1 radical (unpaired) electrons. The molecular weight excluding hydrogens is 114 g/mol. The molecule has 2 N–H and O–H groups in total. The van der Waals surface area contributed by atoms with Gasteiger partial charge in [-0.05, 0) is 18.6 Å². The van der Waals surface area contributed by atoms with Crippen LogP contribution in [0.3, 0.4) is 0 Å². The third-order valence-electron chi connectivity index (χ3n) is 1.25. The molecule has 0 fully saturated rings. The molecule has 0 unspecified atom stereocenters. The summed E-state index contributed by atoms with van der Waals surface area (Å²) < 4.78 is 0. The minimum absolute atomic E-state index is 0.0295. The smallest absolute Gasteiger partial charge is 0.180 e. The molecular formula is C7H8NO. The first-order valence-corrected chi connectivity index (χ1v) is 2.73. The summed E-state index contributed by atoms with van der Waals surface area (Å²) >= 11 is 0. The van der Waals surface area contributed by atoms with Crippen LogP contribution in [0.15, 0.2) is 18.2 Å². The van der Waals surface area contributed by atoms with E-state index >= 15 is 0 Å². The van der Waals surface area contributed by atoms with Gasteiger partial charge in [0.25, 0.3) is 0 Å². The number of rotatable bonds is 0. The second-order valence-corrected chi connectivity index (χ2v) is 2.02. The standard InChI is InChI=1S/C7H8NO/c1-5-2-3-6(9)4-7(5)8/h2-4H,8H2,1H3. The maximum Gasteiger partial charge on any atom is 0.180 e. The molecule has 9 heavy (non-hydrogen) atoms. The quantitative estimate of drug-likeness (QED) is 0.523. The molecule has 0 aliphatic rings. The molecule has 0 aliphatic heterocycles. The fraction of sp³-hybridized carbons (Fsp3) is 0.143. The van der Waals surface area contributed by atoms with Gasteiger partial charge >= 0.3 is 0 Å². The fourth-order valence-electron chi connectivity index (χ4n) is 0.619. The van der Waals surface area contributed by atoms with Gasteiger partial charge in [-0.1, -0.05) is 6.07 Å². The zero-order valence-corrected chi connectivity index (χ0v) is 5.22. The number of nitrogen functional groups attached to an aromatic ring is 1. The van der Waals surface area contributed by atoms with Crippen molar-refractivity contribution < 1.29 is 5.11 Å². The van der Waals surface area contributed by atoms with Gasteiger partial charge < -0.3 is 5.73 Å². The molecule has 1 aromatic rings. The van der Waals surface area contributed by atoms with Gasteiger partial charge in [0.1, 0.15) is 0 Å². The summed E-state index contributed by atoms with van der Waals surface area (Å²) in [5, 5.41) is 10.6. The third kappa shape index (κ3) is 1.13. The van der Waals surface area contributed by atoms with Crippen LogP contribution in [0, 0.1) is 6.92 Å². The Morgan fingerprint density at radius 2 is 2.11 bits per heavy atom. The molecule has 0 bridgehead atoms. The highest BCUT2D eigenvalue weighted by Gasteiger charge is 1.93. The maximum atomic E-state index is 10.6. The molecule has 2 heteroatoms. The van der Waals surface area contributed by atoms with Crippen molar-refractivity contribution in [2.75, 3.05) is 5.73 Å². The number of hydrogen-bond acceptors (Lipinski definition) is 1. The molecule has 47 valence electrons. The summed E-state index contributed by atoms with van der Waals surface area (Å²) in [5.74, 6) is -0.0295. The van der Waals surface area contributed by atoms with E-state index in [4.69, 9.17) is 5.73 Å². The van der Waals surface area contributed by atoms with Crippen molar-refractivity contribution >= 4 is 5.69 Å². The molecule has 0 aromatic heterocycles. The Kier molecular flexibility index (Phi) is 1.30. The van der Waals surface area contributed by atoms with Gasteiger partial charge in [0.15, 0.2) is 5.75 Å². The lowest BCUT2D eigenvalue weighted by molar-refractivity contribution is 0.355. The molecule has 0 aliphatic carbocycles. The summed E-state index contributed by atoms with van der Waals surface area (Å²) in [6, 6.07) is 4.65. The molecule has 2 nitrogen and oxygen atoms in total. The van der Waals surface area contributed by atoms with Crippen LogP contribution in [0.25, 0.3) is 0 Å². The Morgan fingerprint density at radius 3 is 2.56 bits per heavy atom. The molecule has 1 rings (SSSR count). The van der Waals surface area contributed by atoms with Crippen molar-refractivity contribution in [3.63, 3.8) is 0 Å². The monoisotopic (exact) mass is 122 g/mol. The van der Waals surface area contributed by atoms with Gasteiger partial charge in [0, 0.05) is 11.8 Å². The topological polar surface area (TPSA) is 45.9 Å². The van der Waals surface area contributed by atoms with Crippen LogP contribution in [0.1, 0.15) is 5.56 Å². The highest BCUT2D eigenvalue weighted by molar-refractivity contribution is 5.49. The largest absolute Gasteiger partial charge is 0.398 e. The first-order valence-electron chi connectivity index (χ1n) is 2.73. The van der Waals surface area contributed by atoms with Crippen LogP contribution >= 0.6 is 0 Å². The molecule has 0 spiro atoms. The van der Waals surface area contributed by atoms with E-state index in [1.807, 2.05) is 6.92 Å². The van der Waals surface area contributed by atoms with Gasteiger partial charge in [0.2, 0.25) is 0 Å². The van der Waals surface area contributed by atoms with Crippen molar-refractivity contribution in [2.24, 2.45) is 0 Å². The molecule has 0 saturated heterocycles. The first kappa shape index (κ1) is 5.95. The van der Waals surface area contributed by atoms with Crippen molar-refractivity contribution in [1.29, 1.82) is 0 Å². The molecule has 0 heterocycles. The zero-order valence-electron chi connectivity index (χ0n) is 5.22. The van der Waals surface area contributed by atoms with Crippen molar-refractivity contribution in [3.8, 4) is 5.75 Å². The second kappa shape index (κ2) is 1.97. The van der Waals surface area contributed by atoms with Gasteiger partial charge in [-0.25, -0.2) is 0 Å². The minimum atomic E-state index is -0.0295. The van der Waals surface area contributed by atoms with Gasteiger partial charge in [-0.3, -0.25) is 5.11 Å². The molecule has 0 saturated carbocycles. The lowest BCUT2D eigenvalue weighted by Gasteiger charge is -1.95. The highest BCUT2D eigenvalue weighted by Crippen LogP contribution is 2.17. The summed E-state index contributed by atoms with van der Waals surface area (Å²) in [6.45, 7) is 1.87. The van der Waals surface area contributed by atoms with Crippen molar-refractivity contribution in [1.82, 2.24) is 0 Å². The minimum Gasteiger partial charge on any atom is -0.398 e. The summed E-state index contributed by atoms with van der Waals surface area (Å²) in [7, 11) is 0. The van der Waals surface area contributed by atoms with Gasteiger partial charge in [-0.15, -0.1) is 0 Å². The predicted molar refractivity (Wildman–Crippen MR) is 35.7 cm³/mol. The lowest BCUT2D eigenvalue weighted by atomic mass is 10.2. The van der Waals surface area contributed by atoms with E-state index in [9.17, 15) is 5.11 Å². The molecule has 0 atom stereocenters. The SMILES string of the molecule is Cc1ccc([O])cc1N. The normalized spacial score (nSPS) is 9.44. The van der Waals surface area contributed by atoms with E-state index in [1.54, 1.807) is 6.07 Å². The van der Waals surface area contributed by atoms with Crippen LogP contribution in [-0.4, -0.2) is 0 Å². The van der Waals surface area contributed by atoms with E-state index in [2.05, 4.69) is 0 Å². The van der Waals surface area contributed by atoms with E-state index in [-0.39, 0.29) is 5.75 Å². The number of nitrogens with two attached hydrogens (primary N) is 1. The third-order valence-corrected chi connectivity index (χ3v) is 1.25. The van der Waals surface area contributed by atoms with E-state index in [0.29, 0.717) is 5.69 Å². The van der Waals surface area contributed by atoms with Crippen LogP contribution in [-0.2, 0) is 5.11 Å². The number of aryl methyl sites for hydroxylation is 1. The average molecular weight is 122 g/mol. The summed E-state index contributed by atoms with van der Waals surface area (Å²) in [4.78, 5) is 0. The van der Waals surface area contributed by atoms with Gasteiger partial charge in [-0.2, -0.15) is 0 Å². The Bertz CT molecular complexity index is 220. The van der Waals surface area contributed by atoms with Crippen LogP contribution in [0.5, 0.6) is 5.75 Å². The van der Waals surface area contributed by atoms with Gasteiger partial charge in [0.05, 0.1) is 0 Å².